The molecule has 0 fully saturated rings. The van der Waals surface area contributed by atoms with E-state index in [0.717, 1.165) is 18.3 Å². The molecular formula is C13H7Cl2FN2O3. The Bertz CT molecular complexity index is 737. The minimum Gasteiger partial charge on any atom is -0.478 e. The number of rotatable bonds is 3. The second-order valence-electron chi connectivity index (χ2n) is 3.92. The predicted molar refractivity (Wildman–Crippen MR) is 75.6 cm³/mol. The van der Waals surface area contributed by atoms with E-state index in [2.05, 4.69) is 10.3 Å². The number of nitrogens with one attached hydrogen (secondary N) is 1. The molecule has 0 unspecified atom stereocenters. The first-order valence-corrected chi connectivity index (χ1v) is 6.29. The first-order valence-electron chi connectivity index (χ1n) is 5.53. The maximum atomic E-state index is 13.5. The molecule has 0 saturated carbocycles. The van der Waals surface area contributed by atoms with E-state index in [1.165, 1.54) is 12.3 Å². The summed E-state index contributed by atoms with van der Waals surface area (Å²) in [6.45, 7) is 0. The molecule has 1 amide bonds. The summed E-state index contributed by atoms with van der Waals surface area (Å²) in [7, 11) is 0. The molecule has 0 aliphatic rings. The van der Waals surface area contributed by atoms with Crippen molar-refractivity contribution in [3.8, 4) is 0 Å². The maximum Gasteiger partial charge on any atom is 0.337 e. The number of pyridine rings is 1. The molecule has 1 aromatic carbocycles. The van der Waals surface area contributed by atoms with Gasteiger partial charge in [-0.05, 0) is 18.2 Å². The molecule has 0 aliphatic carbocycles. The lowest BCUT2D eigenvalue weighted by atomic mass is 10.1. The van der Waals surface area contributed by atoms with Gasteiger partial charge < -0.3 is 10.4 Å². The quantitative estimate of drug-likeness (QED) is 0.904. The van der Waals surface area contributed by atoms with Crippen molar-refractivity contribution in [2.75, 3.05) is 5.32 Å². The fourth-order valence-corrected chi connectivity index (χ4v) is 2.15. The third-order valence-electron chi connectivity index (χ3n) is 2.54. The molecule has 1 aromatic heterocycles. The highest BCUT2D eigenvalue weighted by atomic mass is 35.5. The van der Waals surface area contributed by atoms with E-state index in [0.29, 0.717) is 0 Å². The van der Waals surface area contributed by atoms with Gasteiger partial charge in [0.25, 0.3) is 5.91 Å². The lowest BCUT2D eigenvalue weighted by molar-refractivity contribution is 0.0698. The highest BCUT2D eigenvalue weighted by Gasteiger charge is 2.19. The zero-order chi connectivity index (χ0) is 15.6. The average molecular weight is 329 g/mol. The zero-order valence-electron chi connectivity index (χ0n) is 10.2. The van der Waals surface area contributed by atoms with E-state index in [9.17, 15) is 14.0 Å². The summed E-state index contributed by atoms with van der Waals surface area (Å²) in [5.74, 6) is -3.01. The lowest BCUT2D eigenvalue weighted by Gasteiger charge is -2.11. The molecule has 108 valence electrons. The van der Waals surface area contributed by atoms with Gasteiger partial charge in [-0.1, -0.05) is 23.2 Å². The number of aromatic carboxylic acids is 1. The Labute approximate surface area is 128 Å². The molecule has 0 spiro atoms. The van der Waals surface area contributed by atoms with Gasteiger partial charge in [-0.3, -0.25) is 9.78 Å². The van der Waals surface area contributed by atoms with E-state index < -0.39 is 17.7 Å². The van der Waals surface area contributed by atoms with E-state index in [1.807, 2.05) is 0 Å². The molecule has 8 heteroatoms. The Morgan fingerprint density at radius 2 is 1.95 bits per heavy atom. The maximum absolute atomic E-state index is 13.5. The minimum atomic E-state index is -1.33. The fourth-order valence-electron chi connectivity index (χ4n) is 1.61. The summed E-state index contributed by atoms with van der Waals surface area (Å²) >= 11 is 11.6. The van der Waals surface area contributed by atoms with E-state index >= 15 is 0 Å². The molecule has 0 atom stereocenters. The number of nitrogens with zero attached hydrogens (tertiary/aromatic N) is 1. The Hall–Kier alpha value is -2.18. The van der Waals surface area contributed by atoms with Crippen LogP contribution in [0.1, 0.15) is 20.7 Å². The number of carboxylic acids is 1. The molecule has 1 heterocycles. The van der Waals surface area contributed by atoms with Gasteiger partial charge in [0.1, 0.15) is 0 Å². The largest absolute Gasteiger partial charge is 0.478 e. The Morgan fingerprint density at radius 3 is 2.57 bits per heavy atom. The molecular weight excluding hydrogens is 322 g/mol. The van der Waals surface area contributed by atoms with Crippen molar-refractivity contribution in [1.29, 1.82) is 0 Å². The topological polar surface area (TPSA) is 79.3 Å². The SMILES string of the molecule is O=C(Nc1c(Cl)cc(Cl)cc1C(=O)O)c1ccncc1F. The Kier molecular flexibility index (Phi) is 4.40. The van der Waals surface area contributed by atoms with Crippen LogP contribution in [0.2, 0.25) is 10.0 Å². The number of carboxylic acid groups (broad SMARTS) is 1. The standard InChI is InChI=1S/C13H7Cl2FN2O3/c14-6-3-8(13(20)21)11(9(15)4-6)18-12(19)7-1-2-17-5-10(7)16/h1-5H,(H,18,19)(H,20,21). The number of carbonyl (C=O) groups is 2. The first kappa shape index (κ1) is 15.2. The van der Waals surface area contributed by atoms with Crippen molar-refractivity contribution in [2.24, 2.45) is 0 Å². The van der Waals surface area contributed by atoms with Gasteiger partial charge in [-0.2, -0.15) is 0 Å². The van der Waals surface area contributed by atoms with Crippen LogP contribution < -0.4 is 5.32 Å². The minimum absolute atomic E-state index is 0.0669. The molecule has 0 saturated heterocycles. The first-order chi connectivity index (χ1) is 9.90. The predicted octanol–water partition coefficient (Wildman–Crippen LogP) is 3.48. The van der Waals surface area contributed by atoms with Crippen molar-refractivity contribution in [3.05, 3.63) is 57.6 Å². The number of halogens is 3. The highest BCUT2D eigenvalue weighted by molar-refractivity contribution is 6.38. The number of amides is 1. The van der Waals surface area contributed by atoms with Gasteiger partial charge in [0.15, 0.2) is 5.82 Å². The van der Waals surface area contributed by atoms with Crippen LogP contribution in [-0.4, -0.2) is 22.0 Å². The summed E-state index contributed by atoms with van der Waals surface area (Å²) in [6.07, 6.45) is 2.11. The second-order valence-corrected chi connectivity index (χ2v) is 4.77. The molecule has 2 N–H and O–H groups in total. The number of hydrogen-bond acceptors (Lipinski definition) is 3. The third-order valence-corrected chi connectivity index (χ3v) is 3.06. The van der Waals surface area contributed by atoms with Gasteiger partial charge in [-0.15, -0.1) is 0 Å². The van der Waals surface area contributed by atoms with Gasteiger partial charge in [0.05, 0.1) is 28.0 Å². The number of carbonyl (C=O) groups excluding carboxylic acids is 1. The fraction of sp³-hybridized carbons (Fsp3) is 0. The van der Waals surface area contributed by atoms with Crippen molar-refractivity contribution in [3.63, 3.8) is 0 Å². The lowest BCUT2D eigenvalue weighted by Crippen LogP contribution is -2.16. The van der Waals surface area contributed by atoms with E-state index in [4.69, 9.17) is 28.3 Å². The van der Waals surface area contributed by atoms with Crippen LogP contribution in [0.3, 0.4) is 0 Å². The smallest absolute Gasteiger partial charge is 0.337 e. The van der Waals surface area contributed by atoms with Gasteiger partial charge in [-0.25, -0.2) is 9.18 Å². The Balaban J connectivity index is 2.42. The second kappa shape index (κ2) is 6.07. The number of anilines is 1. The van der Waals surface area contributed by atoms with Crippen LogP contribution in [0.25, 0.3) is 0 Å². The van der Waals surface area contributed by atoms with Crippen LogP contribution in [0.5, 0.6) is 0 Å². The molecule has 21 heavy (non-hydrogen) atoms. The summed E-state index contributed by atoms with van der Waals surface area (Å²) in [5.41, 5.74) is -0.738. The van der Waals surface area contributed by atoms with Crippen LogP contribution in [-0.2, 0) is 0 Å². The third kappa shape index (κ3) is 3.29. The van der Waals surface area contributed by atoms with Crippen LogP contribution in [0, 0.1) is 5.82 Å². The summed E-state index contributed by atoms with van der Waals surface area (Å²) in [4.78, 5) is 26.7. The summed E-state index contributed by atoms with van der Waals surface area (Å²) < 4.78 is 13.5. The van der Waals surface area contributed by atoms with E-state index in [-0.39, 0.29) is 26.9 Å². The number of benzene rings is 1. The molecule has 0 radical (unpaired) electrons. The normalized spacial score (nSPS) is 10.2. The van der Waals surface area contributed by atoms with Crippen molar-refractivity contribution in [2.45, 2.75) is 0 Å². The number of aromatic nitrogens is 1. The van der Waals surface area contributed by atoms with Crippen LogP contribution >= 0.6 is 23.2 Å². The highest BCUT2D eigenvalue weighted by Crippen LogP contribution is 2.30. The summed E-state index contributed by atoms with van der Waals surface area (Å²) in [5, 5.41) is 11.4. The van der Waals surface area contributed by atoms with Crippen molar-refractivity contribution < 1.29 is 19.1 Å². The van der Waals surface area contributed by atoms with Crippen molar-refractivity contribution in [1.82, 2.24) is 4.98 Å². The molecule has 0 bridgehead atoms. The molecule has 5 nitrogen and oxygen atoms in total. The van der Waals surface area contributed by atoms with E-state index in [1.54, 1.807) is 0 Å². The van der Waals surface area contributed by atoms with Crippen LogP contribution in [0.15, 0.2) is 30.6 Å². The van der Waals surface area contributed by atoms with Gasteiger partial charge >= 0.3 is 5.97 Å². The average Bonchev–Trinajstić information content (AvgIpc) is 2.41. The van der Waals surface area contributed by atoms with Crippen molar-refractivity contribution >= 4 is 40.8 Å². The van der Waals surface area contributed by atoms with Gasteiger partial charge in [0.2, 0.25) is 0 Å². The Morgan fingerprint density at radius 1 is 1.24 bits per heavy atom. The molecule has 0 aliphatic heterocycles. The summed E-state index contributed by atoms with van der Waals surface area (Å²) in [6, 6.07) is 3.57. The van der Waals surface area contributed by atoms with Crippen LogP contribution in [0.4, 0.5) is 10.1 Å². The van der Waals surface area contributed by atoms with Gasteiger partial charge in [0, 0.05) is 11.2 Å². The molecule has 2 rings (SSSR count). The zero-order valence-corrected chi connectivity index (χ0v) is 11.7. The monoisotopic (exact) mass is 328 g/mol. The number of hydrogen-bond donors (Lipinski definition) is 2. The molecule has 2 aromatic rings.